The van der Waals surface area contributed by atoms with Gasteiger partial charge in [-0.15, -0.1) is 0 Å². The Labute approximate surface area is 179 Å². The van der Waals surface area contributed by atoms with Gasteiger partial charge < -0.3 is 15.3 Å². The summed E-state index contributed by atoms with van der Waals surface area (Å²) in [4.78, 5) is 21.3. The first kappa shape index (κ1) is 25.8. The number of benzene rings is 2. The van der Waals surface area contributed by atoms with E-state index in [1.54, 1.807) is 18.2 Å². The molecule has 0 spiro atoms. The molecule has 0 fully saturated rings. The van der Waals surface area contributed by atoms with Crippen LogP contribution in [0.1, 0.15) is 73.4 Å². The van der Waals surface area contributed by atoms with Crippen molar-refractivity contribution < 1.29 is 44.4 Å². The van der Waals surface area contributed by atoms with Crippen molar-refractivity contribution in [2.75, 3.05) is 0 Å². The zero-order valence-corrected chi connectivity index (χ0v) is 20.4. The van der Waals surface area contributed by atoms with Crippen LogP contribution in [0.15, 0.2) is 42.5 Å². The number of hydrogen-bond donors (Lipinski definition) is 3. The number of carboxylic acid groups (broad SMARTS) is 2. The first-order valence-electron chi connectivity index (χ1n) is 8.64. The van der Waals surface area contributed by atoms with Crippen molar-refractivity contribution in [1.29, 1.82) is 0 Å². The molecule has 3 N–H and O–H groups in total. The topological polar surface area (TPSA) is 94.8 Å². The van der Waals surface area contributed by atoms with E-state index in [1.165, 1.54) is 12.1 Å². The van der Waals surface area contributed by atoms with Crippen LogP contribution >= 0.6 is 0 Å². The largest absolute Gasteiger partial charge is 0.507 e. The molecule has 0 aliphatic rings. The Morgan fingerprint density at radius 2 is 1.14 bits per heavy atom. The van der Waals surface area contributed by atoms with Crippen LogP contribution in [-0.4, -0.2) is 27.3 Å². The molecule has 6 heteroatoms. The molecule has 0 atom stereocenters. The second kappa shape index (κ2) is 9.83. The van der Waals surface area contributed by atoms with Crippen LogP contribution in [0.2, 0.25) is 0 Å². The van der Waals surface area contributed by atoms with Gasteiger partial charge >= 0.3 is 11.9 Å². The average Bonchev–Trinajstić information content (AvgIpc) is 2.53. The van der Waals surface area contributed by atoms with Gasteiger partial charge in [0.1, 0.15) is 11.3 Å². The number of carboxylic acids is 2. The van der Waals surface area contributed by atoms with Gasteiger partial charge in [-0.05, 0) is 46.2 Å². The minimum absolute atomic E-state index is 0. The molecule has 0 heterocycles. The standard InChI is InChI=1S/C11H14O3.C11H14O2.Zn/c1-11(2,3)7-4-5-9(12)8(6-7)10(13)14;1-11(2,3)9-6-4-8(5-7-9)10(12)13;/h4-6,12H,1-3H3,(H,13,14);4-7H,1-3H3,(H,12,13);. The summed E-state index contributed by atoms with van der Waals surface area (Å²) in [6.45, 7) is 12.3. The monoisotopic (exact) mass is 436 g/mol. The van der Waals surface area contributed by atoms with E-state index in [4.69, 9.17) is 10.2 Å². The third-order valence-electron chi connectivity index (χ3n) is 4.09. The third kappa shape index (κ3) is 7.43. The van der Waals surface area contributed by atoms with Gasteiger partial charge in [0.05, 0.1) is 5.56 Å². The molecule has 2 aromatic rings. The molecule has 2 rings (SSSR count). The van der Waals surface area contributed by atoms with Crippen molar-refractivity contribution in [3.05, 3.63) is 64.7 Å². The summed E-state index contributed by atoms with van der Waals surface area (Å²) in [7, 11) is 0. The molecule has 0 aliphatic carbocycles. The fourth-order valence-electron chi connectivity index (χ4n) is 2.29. The maximum absolute atomic E-state index is 10.7. The fourth-order valence-corrected chi connectivity index (χ4v) is 2.29. The second-order valence-corrected chi connectivity index (χ2v) is 8.42. The first-order chi connectivity index (χ1) is 12.2. The van der Waals surface area contributed by atoms with E-state index in [2.05, 4.69) is 20.8 Å². The minimum Gasteiger partial charge on any atom is -0.507 e. The van der Waals surface area contributed by atoms with Crippen LogP contribution in [0.3, 0.4) is 0 Å². The van der Waals surface area contributed by atoms with Crippen LogP contribution in [-0.2, 0) is 30.3 Å². The molecule has 0 saturated carbocycles. The predicted molar refractivity (Wildman–Crippen MR) is 106 cm³/mol. The number of aromatic hydroxyl groups is 1. The van der Waals surface area contributed by atoms with E-state index in [1.807, 2.05) is 32.9 Å². The number of carbonyl (C=O) groups is 2. The van der Waals surface area contributed by atoms with Crippen molar-refractivity contribution in [2.45, 2.75) is 52.4 Å². The smallest absolute Gasteiger partial charge is 0.339 e. The number of aromatic carboxylic acids is 2. The summed E-state index contributed by atoms with van der Waals surface area (Å²) in [6.07, 6.45) is 0. The second-order valence-electron chi connectivity index (χ2n) is 8.42. The van der Waals surface area contributed by atoms with Gasteiger partial charge in [-0.2, -0.15) is 0 Å². The SMILES string of the molecule is CC(C)(C)c1ccc(C(=O)O)cc1.CC(C)(C)c1ccc(O)c(C(=O)O)c1.[Zn]. The maximum atomic E-state index is 10.7. The molecular weight excluding hydrogens is 410 g/mol. The predicted octanol–water partition coefficient (Wildman–Crippen LogP) is 5.07. The van der Waals surface area contributed by atoms with Crippen molar-refractivity contribution in [1.82, 2.24) is 0 Å². The van der Waals surface area contributed by atoms with E-state index in [0.29, 0.717) is 5.56 Å². The van der Waals surface area contributed by atoms with Gasteiger partial charge in [0.15, 0.2) is 0 Å². The molecule has 0 aromatic heterocycles. The maximum Gasteiger partial charge on any atom is 0.339 e. The van der Waals surface area contributed by atoms with E-state index in [9.17, 15) is 14.7 Å². The summed E-state index contributed by atoms with van der Waals surface area (Å²) in [5, 5.41) is 26.8. The summed E-state index contributed by atoms with van der Waals surface area (Å²) in [5.41, 5.74) is 2.31. The molecule has 0 radical (unpaired) electrons. The molecule has 2 aromatic carbocycles. The Morgan fingerprint density at radius 1 is 0.714 bits per heavy atom. The zero-order valence-electron chi connectivity index (χ0n) is 17.4. The van der Waals surface area contributed by atoms with Crippen molar-refractivity contribution in [3.8, 4) is 5.75 Å². The third-order valence-corrected chi connectivity index (χ3v) is 4.09. The summed E-state index contributed by atoms with van der Waals surface area (Å²) >= 11 is 0. The first-order valence-corrected chi connectivity index (χ1v) is 8.64. The van der Waals surface area contributed by atoms with Crippen molar-refractivity contribution in [2.24, 2.45) is 0 Å². The molecule has 0 bridgehead atoms. The van der Waals surface area contributed by atoms with E-state index >= 15 is 0 Å². The summed E-state index contributed by atoms with van der Waals surface area (Å²) in [6, 6.07) is 11.7. The molecule has 28 heavy (non-hydrogen) atoms. The zero-order chi connectivity index (χ0) is 21.0. The van der Waals surface area contributed by atoms with Crippen LogP contribution in [0.25, 0.3) is 0 Å². The van der Waals surface area contributed by atoms with Gasteiger partial charge in [0.2, 0.25) is 0 Å². The van der Waals surface area contributed by atoms with Crippen molar-refractivity contribution in [3.63, 3.8) is 0 Å². The van der Waals surface area contributed by atoms with Gasteiger partial charge in [-0.25, -0.2) is 9.59 Å². The van der Waals surface area contributed by atoms with Gasteiger partial charge in [-0.3, -0.25) is 0 Å². The molecular formula is C22H28O5Zn. The minimum atomic E-state index is -1.10. The molecule has 0 unspecified atom stereocenters. The molecule has 148 valence electrons. The van der Waals surface area contributed by atoms with Crippen LogP contribution in [0.4, 0.5) is 0 Å². The molecule has 0 amide bonds. The normalized spacial score (nSPS) is 10.9. The molecule has 0 aliphatic heterocycles. The number of phenols is 1. The Balaban J connectivity index is 0.000000504. The van der Waals surface area contributed by atoms with E-state index in [-0.39, 0.29) is 41.6 Å². The van der Waals surface area contributed by atoms with Gasteiger partial charge in [0, 0.05) is 19.5 Å². The van der Waals surface area contributed by atoms with Gasteiger partial charge in [0.25, 0.3) is 0 Å². The number of rotatable bonds is 2. The Morgan fingerprint density at radius 3 is 1.50 bits per heavy atom. The Hall–Kier alpha value is -2.20. The van der Waals surface area contributed by atoms with Crippen molar-refractivity contribution >= 4 is 11.9 Å². The summed E-state index contributed by atoms with van der Waals surface area (Å²) in [5.74, 6) is -2.17. The molecule has 5 nitrogen and oxygen atoms in total. The van der Waals surface area contributed by atoms with Crippen LogP contribution < -0.4 is 0 Å². The molecule has 0 saturated heterocycles. The van der Waals surface area contributed by atoms with Gasteiger partial charge in [-0.1, -0.05) is 59.7 Å². The quantitative estimate of drug-likeness (QED) is 0.570. The number of hydrogen-bond acceptors (Lipinski definition) is 3. The van der Waals surface area contributed by atoms with Crippen LogP contribution in [0.5, 0.6) is 5.75 Å². The fraction of sp³-hybridized carbons (Fsp3) is 0.364. The van der Waals surface area contributed by atoms with Crippen LogP contribution in [0, 0.1) is 0 Å². The summed E-state index contributed by atoms with van der Waals surface area (Å²) < 4.78 is 0. The van der Waals surface area contributed by atoms with E-state index in [0.717, 1.165) is 11.1 Å². The average molecular weight is 438 g/mol. The van der Waals surface area contributed by atoms with E-state index < -0.39 is 11.9 Å². The Bertz CT molecular complexity index is 812. The Kier molecular flexibility index (Phi) is 9.06.